The molecule has 0 spiro atoms. The topological polar surface area (TPSA) is 71.3 Å². The molecule has 136 valence electrons. The van der Waals surface area contributed by atoms with Gasteiger partial charge in [-0.1, -0.05) is 24.3 Å². The zero-order chi connectivity index (χ0) is 18.4. The monoisotopic (exact) mass is 370 g/mol. The van der Waals surface area contributed by atoms with E-state index in [0.29, 0.717) is 31.2 Å². The minimum atomic E-state index is -0.0300. The summed E-state index contributed by atoms with van der Waals surface area (Å²) in [5.74, 6) is 0.950. The van der Waals surface area contributed by atoms with Crippen molar-refractivity contribution in [3.63, 3.8) is 0 Å². The standard InChI is InChI=1S/C19H22N4O2S/c1-23(2)12-15-5-3-14(4-6-15)11-20-17(24)7-8-18-21-22-19(25-18)16-9-10-26-13-16/h3-6,9-10,13H,7-8,11-12H2,1-2H3,(H,20,24). The Labute approximate surface area is 156 Å². The molecule has 2 heterocycles. The lowest BCUT2D eigenvalue weighted by atomic mass is 10.1. The highest BCUT2D eigenvalue weighted by Gasteiger charge is 2.10. The number of benzene rings is 1. The number of amides is 1. The Morgan fingerprint density at radius 3 is 2.62 bits per heavy atom. The molecule has 1 aromatic carbocycles. The second-order valence-corrected chi connectivity index (χ2v) is 7.12. The van der Waals surface area contributed by atoms with Crippen molar-refractivity contribution < 1.29 is 9.21 Å². The highest BCUT2D eigenvalue weighted by molar-refractivity contribution is 7.08. The molecule has 1 amide bonds. The van der Waals surface area contributed by atoms with Crippen LogP contribution < -0.4 is 5.32 Å². The molecule has 3 aromatic rings. The van der Waals surface area contributed by atoms with Crippen molar-refractivity contribution in [2.24, 2.45) is 0 Å². The van der Waals surface area contributed by atoms with Crippen molar-refractivity contribution in [2.45, 2.75) is 25.9 Å². The van der Waals surface area contributed by atoms with Gasteiger partial charge in [-0.05, 0) is 36.7 Å². The van der Waals surface area contributed by atoms with E-state index >= 15 is 0 Å². The SMILES string of the molecule is CN(C)Cc1ccc(CNC(=O)CCc2nnc(-c3ccsc3)o2)cc1. The van der Waals surface area contributed by atoms with E-state index in [-0.39, 0.29) is 5.91 Å². The summed E-state index contributed by atoms with van der Waals surface area (Å²) in [4.78, 5) is 14.2. The van der Waals surface area contributed by atoms with E-state index in [0.717, 1.165) is 17.7 Å². The van der Waals surface area contributed by atoms with Crippen LogP contribution in [0.5, 0.6) is 0 Å². The van der Waals surface area contributed by atoms with Gasteiger partial charge >= 0.3 is 0 Å². The van der Waals surface area contributed by atoms with Gasteiger partial charge in [-0.3, -0.25) is 4.79 Å². The summed E-state index contributed by atoms with van der Waals surface area (Å²) < 4.78 is 5.59. The smallest absolute Gasteiger partial charge is 0.248 e. The summed E-state index contributed by atoms with van der Waals surface area (Å²) in [7, 11) is 4.09. The highest BCUT2D eigenvalue weighted by atomic mass is 32.1. The summed E-state index contributed by atoms with van der Waals surface area (Å²) in [5.41, 5.74) is 3.25. The third-order valence-corrected chi connectivity index (χ3v) is 4.50. The molecule has 0 fully saturated rings. The van der Waals surface area contributed by atoms with E-state index in [9.17, 15) is 4.79 Å². The Bertz CT molecular complexity index is 826. The molecule has 7 heteroatoms. The number of aryl methyl sites for hydroxylation is 1. The summed E-state index contributed by atoms with van der Waals surface area (Å²) >= 11 is 1.58. The number of thiophene rings is 1. The second-order valence-electron chi connectivity index (χ2n) is 6.34. The van der Waals surface area contributed by atoms with Crippen molar-refractivity contribution >= 4 is 17.2 Å². The maximum Gasteiger partial charge on any atom is 0.248 e. The average Bonchev–Trinajstić information content (AvgIpc) is 3.30. The number of hydrogen-bond donors (Lipinski definition) is 1. The normalized spacial score (nSPS) is 11.0. The van der Waals surface area contributed by atoms with Crippen molar-refractivity contribution in [2.75, 3.05) is 14.1 Å². The first-order valence-corrected chi connectivity index (χ1v) is 9.38. The Kier molecular flexibility index (Phi) is 6.14. The zero-order valence-corrected chi connectivity index (χ0v) is 15.8. The number of carbonyl (C=O) groups excluding carboxylic acids is 1. The van der Waals surface area contributed by atoms with Gasteiger partial charge in [0, 0.05) is 36.9 Å². The molecule has 0 saturated carbocycles. The van der Waals surface area contributed by atoms with E-state index in [1.807, 2.05) is 43.1 Å². The van der Waals surface area contributed by atoms with Gasteiger partial charge in [-0.2, -0.15) is 11.3 Å². The molecule has 0 atom stereocenters. The molecular weight excluding hydrogens is 348 g/mol. The number of hydrogen-bond acceptors (Lipinski definition) is 6. The Morgan fingerprint density at radius 1 is 1.15 bits per heavy atom. The van der Waals surface area contributed by atoms with E-state index in [4.69, 9.17) is 4.42 Å². The predicted octanol–water partition coefficient (Wildman–Crippen LogP) is 3.11. The number of nitrogens with zero attached hydrogens (tertiary/aromatic N) is 3. The second kappa shape index (κ2) is 8.73. The summed E-state index contributed by atoms with van der Waals surface area (Å²) in [6, 6.07) is 10.2. The molecule has 6 nitrogen and oxygen atoms in total. The minimum absolute atomic E-state index is 0.0300. The van der Waals surface area contributed by atoms with Crippen LogP contribution in [0.4, 0.5) is 0 Å². The third kappa shape index (κ3) is 5.24. The van der Waals surface area contributed by atoms with Crippen LogP contribution in [0.25, 0.3) is 11.5 Å². The Morgan fingerprint density at radius 2 is 1.92 bits per heavy atom. The summed E-state index contributed by atoms with van der Waals surface area (Å²) in [6.07, 6.45) is 0.759. The Hall–Kier alpha value is -2.51. The number of aromatic nitrogens is 2. The van der Waals surface area contributed by atoms with Crippen LogP contribution in [0.1, 0.15) is 23.4 Å². The van der Waals surface area contributed by atoms with Crippen LogP contribution >= 0.6 is 11.3 Å². The van der Waals surface area contributed by atoms with Crippen molar-refractivity contribution in [1.29, 1.82) is 0 Å². The highest BCUT2D eigenvalue weighted by Crippen LogP contribution is 2.20. The molecule has 0 radical (unpaired) electrons. The lowest BCUT2D eigenvalue weighted by Gasteiger charge is -2.10. The number of nitrogens with one attached hydrogen (secondary N) is 1. The van der Waals surface area contributed by atoms with Crippen LogP contribution in [0.15, 0.2) is 45.5 Å². The molecule has 0 bridgehead atoms. The van der Waals surface area contributed by atoms with Gasteiger partial charge < -0.3 is 14.6 Å². The first-order valence-electron chi connectivity index (χ1n) is 8.44. The molecule has 0 saturated heterocycles. The first kappa shape index (κ1) is 18.3. The van der Waals surface area contributed by atoms with Crippen LogP contribution in [-0.4, -0.2) is 35.1 Å². The predicted molar refractivity (Wildman–Crippen MR) is 102 cm³/mol. The fourth-order valence-corrected chi connectivity index (χ4v) is 3.12. The molecule has 2 aromatic heterocycles. The van der Waals surface area contributed by atoms with E-state index < -0.39 is 0 Å². The fraction of sp³-hybridized carbons (Fsp3) is 0.316. The molecule has 0 aliphatic carbocycles. The molecule has 1 N–H and O–H groups in total. The molecule has 0 unspecified atom stereocenters. The summed E-state index contributed by atoms with van der Waals surface area (Å²) in [5, 5.41) is 14.8. The minimum Gasteiger partial charge on any atom is -0.421 e. The van der Waals surface area contributed by atoms with Gasteiger partial charge in [0.2, 0.25) is 17.7 Å². The molecular formula is C19H22N4O2S. The van der Waals surface area contributed by atoms with Crippen LogP contribution in [0, 0.1) is 0 Å². The van der Waals surface area contributed by atoms with Gasteiger partial charge in [0.25, 0.3) is 0 Å². The van der Waals surface area contributed by atoms with Gasteiger partial charge in [0.05, 0.1) is 0 Å². The van der Waals surface area contributed by atoms with Crippen molar-refractivity contribution in [1.82, 2.24) is 20.4 Å². The maximum atomic E-state index is 12.0. The lowest BCUT2D eigenvalue weighted by molar-refractivity contribution is -0.121. The molecule has 26 heavy (non-hydrogen) atoms. The zero-order valence-electron chi connectivity index (χ0n) is 14.9. The molecule has 0 aliphatic rings. The van der Waals surface area contributed by atoms with Crippen molar-refractivity contribution in [3.05, 3.63) is 58.1 Å². The fourth-order valence-electron chi connectivity index (χ4n) is 2.49. The van der Waals surface area contributed by atoms with E-state index in [1.54, 1.807) is 11.3 Å². The molecule has 0 aliphatic heterocycles. The largest absolute Gasteiger partial charge is 0.421 e. The average molecular weight is 370 g/mol. The maximum absolute atomic E-state index is 12.0. The van der Waals surface area contributed by atoms with E-state index in [2.05, 4.69) is 32.5 Å². The van der Waals surface area contributed by atoms with Gasteiger partial charge in [-0.15, -0.1) is 10.2 Å². The van der Waals surface area contributed by atoms with Crippen LogP contribution in [0.2, 0.25) is 0 Å². The summed E-state index contributed by atoms with van der Waals surface area (Å²) in [6.45, 7) is 1.43. The number of carbonyl (C=O) groups is 1. The lowest BCUT2D eigenvalue weighted by Crippen LogP contribution is -2.23. The Balaban J connectivity index is 1.43. The number of rotatable bonds is 8. The molecule has 3 rings (SSSR count). The van der Waals surface area contributed by atoms with E-state index in [1.165, 1.54) is 5.56 Å². The quantitative estimate of drug-likeness (QED) is 0.660. The third-order valence-electron chi connectivity index (χ3n) is 3.81. The van der Waals surface area contributed by atoms with Crippen LogP contribution in [0.3, 0.4) is 0 Å². The van der Waals surface area contributed by atoms with Gasteiger partial charge in [0.15, 0.2) is 0 Å². The van der Waals surface area contributed by atoms with Crippen LogP contribution in [-0.2, 0) is 24.3 Å². The van der Waals surface area contributed by atoms with Crippen molar-refractivity contribution in [3.8, 4) is 11.5 Å². The first-order chi connectivity index (χ1) is 12.6. The van der Waals surface area contributed by atoms with Gasteiger partial charge in [0.1, 0.15) is 0 Å². The van der Waals surface area contributed by atoms with Gasteiger partial charge in [-0.25, -0.2) is 0 Å².